The maximum atomic E-state index is 9.81. The summed E-state index contributed by atoms with van der Waals surface area (Å²) in [6.07, 6.45) is 0. The zero-order chi connectivity index (χ0) is 34.1. The predicted molar refractivity (Wildman–Crippen MR) is 204 cm³/mol. The Bertz CT molecular complexity index is 2760. The second kappa shape index (κ2) is 12.7. The maximum Gasteiger partial charge on any atom is 0.164 e. The number of nitriles is 1. The van der Waals surface area contributed by atoms with E-state index in [1.807, 2.05) is 103 Å². The minimum absolute atomic E-state index is 0.533. The fraction of sp³-hybridized carbons (Fsp3) is 0. The van der Waals surface area contributed by atoms with E-state index in [0.717, 1.165) is 72.0 Å². The van der Waals surface area contributed by atoms with Crippen LogP contribution in [0.25, 0.3) is 89.5 Å². The molecule has 0 amide bonds. The van der Waals surface area contributed by atoms with Crippen LogP contribution in [-0.2, 0) is 0 Å². The molecular weight excluding hydrogens is 625 g/mol. The summed E-state index contributed by atoms with van der Waals surface area (Å²) in [6.45, 7) is 0. The molecule has 5 nitrogen and oxygen atoms in total. The standard InChI is InChI=1S/C46H28N4O/c47-29-35-17-7-8-20-36(35)32-18-11-19-33(27-32)44-48-45(50-46(49-44)39-22-10-9-21-37(39)30-13-3-1-4-14-30)34-25-26-40-42(28-34)51-41-24-12-23-38(43(40)41)31-15-5-2-6-16-31/h1-28H. The number of nitrogens with zero attached hydrogens (tertiary/aromatic N) is 4. The van der Waals surface area contributed by atoms with Crippen molar-refractivity contribution in [3.05, 3.63) is 175 Å². The van der Waals surface area contributed by atoms with Gasteiger partial charge in [-0.3, -0.25) is 0 Å². The third-order valence-corrected chi connectivity index (χ3v) is 9.21. The van der Waals surface area contributed by atoms with E-state index in [1.165, 1.54) is 0 Å². The Hall–Kier alpha value is -7.16. The van der Waals surface area contributed by atoms with Crippen LogP contribution in [0, 0.1) is 11.3 Å². The van der Waals surface area contributed by atoms with Gasteiger partial charge in [0.2, 0.25) is 0 Å². The van der Waals surface area contributed by atoms with Crippen LogP contribution < -0.4 is 0 Å². The quantitative estimate of drug-likeness (QED) is 0.179. The molecule has 2 aromatic heterocycles. The Kier molecular flexibility index (Phi) is 7.46. The van der Waals surface area contributed by atoms with Gasteiger partial charge in [0.25, 0.3) is 0 Å². The molecule has 0 radical (unpaired) electrons. The van der Waals surface area contributed by atoms with Gasteiger partial charge in [0.15, 0.2) is 17.5 Å². The smallest absolute Gasteiger partial charge is 0.164 e. The zero-order valence-corrected chi connectivity index (χ0v) is 27.4. The van der Waals surface area contributed by atoms with Crippen molar-refractivity contribution in [3.63, 3.8) is 0 Å². The van der Waals surface area contributed by atoms with Crippen molar-refractivity contribution >= 4 is 21.9 Å². The van der Waals surface area contributed by atoms with Gasteiger partial charge in [0, 0.05) is 27.5 Å². The molecule has 0 aliphatic carbocycles. The normalized spacial score (nSPS) is 11.1. The predicted octanol–water partition coefficient (Wildman–Crippen LogP) is 11.6. The van der Waals surface area contributed by atoms with Gasteiger partial charge in [0.1, 0.15) is 11.2 Å². The molecule has 0 spiro atoms. The summed E-state index contributed by atoms with van der Waals surface area (Å²) in [4.78, 5) is 15.3. The van der Waals surface area contributed by atoms with Crippen LogP contribution in [-0.4, -0.2) is 15.0 Å². The fourth-order valence-electron chi connectivity index (χ4n) is 6.78. The molecule has 0 aliphatic rings. The summed E-state index contributed by atoms with van der Waals surface area (Å²) in [7, 11) is 0. The van der Waals surface area contributed by atoms with Crippen LogP contribution in [0.1, 0.15) is 5.56 Å². The second-order valence-corrected chi connectivity index (χ2v) is 12.3. The van der Waals surface area contributed by atoms with Crippen molar-refractivity contribution in [2.75, 3.05) is 0 Å². The Morgan fingerprint density at radius 1 is 0.392 bits per heavy atom. The minimum atomic E-state index is 0.533. The van der Waals surface area contributed by atoms with Crippen molar-refractivity contribution in [1.29, 1.82) is 5.26 Å². The van der Waals surface area contributed by atoms with Crippen molar-refractivity contribution in [2.45, 2.75) is 0 Å². The SMILES string of the molecule is N#Cc1ccccc1-c1cccc(-c2nc(-c3ccc4c(c3)oc3cccc(-c5ccccc5)c34)nc(-c3ccccc3-c3ccccc3)n2)c1. The van der Waals surface area contributed by atoms with E-state index in [-0.39, 0.29) is 0 Å². The molecule has 5 heteroatoms. The van der Waals surface area contributed by atoms with E-state index >= 15 is 0 Å². The number of fused-ring (bicyclic) bond motifs is 3. The first-order valence-corrected chi connectivity index (χ1v) is 16.8. The Balaban J connectivity index is 1.24. The summed E-state index contributed by atoms with van der Waals surface area (Å²) in [6, 6.07) is 59.2. The average molecular weight is 653 g/mol. The van der Waals surface area contributed by atoms with Crippen molar-refractivity contribution in [2.24, 2.45) is 0 Å². The second-order valence-electron chi connectivity index (χ2n) is 12.3. The summed E-state index contributed by atoms with van der Waals surface area (Å²) in [5.41, 5.74) is 10.9. The van der Waals surface area contributed by atoms with E-state index in [1.54, 1.807) is 0 Å². The number of benzene rings is 7. The van der Waals surface area contributed by atoms with E-state index in [4.69, 9.17) is 19.4 Å². The molecular formula is C46H28N4O. The highest BCUT2D eigenvalue weighted by Gasteiger charge is 2.18. The molecule has 2 heterocycles. The van der Waals surface area contributed by atoms with Crippen molar-refractivity contribution < 1.29 is 4.42 Å². The largest absolute Gasteiger partial charge is 0.456 e. The fourth-order valence-corrected chi connectivity index (χ4v) is 6.78. The number of rotatable bonds is 6. The van der Waals surface area contributed by atoms with Crippen LogP contribution in [0.4, 0.5) is 0 Å². The highest BCUT2D eigenvalue weighted by Crippen LogP contribution is 2.39. The summed E-state index contributed by atoms with van der Waals surface area (Å²) in [5.74, 6) is 1.63. The van der Waals surface area contributed by atoms with E-state index in [2.05, 4.69) is 72.8 Å². The molecule has 9 aromatic rings. The van der Waals surface area contributed by atoms with E-state index in [0.29, 0.717) is 23.0 Å². The number of furan rings is 1. The topological polar surface area (TPSA) is 75.6 Å². The third kappa shape index (κ3) is 5.51. The molecule has 0 saturated carbocycles. The molecule has 7 aromatic carbocycles. The highest BCUT2D eigenvalue weighted by molar-refractivity contribution is 6.13. The van der Waals surface area contributed by atoms with Gasteiger partial charge in [-0.25, -0.2) is 15.0 Å². The van der Waals surface area contributed by atoms with E-state index < -0.39 is 0 Å². The summed E-state index contributed by atoms with van der Waals surface area (Å²) >= 11 is 0. The summed E-state index contributed by atoms with van der Waals surface area (Å²) < 4.78 is 6.47. The first-order chi connectivity index (χ1) is 25.2. The molecule has 9 rings (SSSR count). The zero-order valence-electron chi connectivity index (χ0n) is 27.4. The first-order valence-electron chi connectivity index (χ1n) is 16.8. The van der Waals surface area contributed by atoms with Crippen molar-refractivity contribution in [1.82, 2.24) is 15.0 Å². The Morgan fingerprint density at radius 2 is 0.941 bits per heavy atom. The molecule has 0 saturated heterocycles. The van der Waals surface area contributed by atoms with Crippen LogP contribution in [0.15, 0.2) is 174 Å². The van der Waals surface area contributed by atoms with Crippen LogP contribution >= 0.6 is 0 Å². The highest BCUT2D eigenvalue weighted by atomic mass is 16.3. The molecule has 0 atom stereocenters. The van der Waals surface area contributed by atoms with Crippen LogP contribution in [0.5, 0.6) is 0 Å². The molecule has 0 N–H and O–H groups in total. The van der Waals surface area contributed by atoms with E-state index in [9.17, 15) is 5.26 Å². The van der Waals surface area contributed by atoms with Gasteiger partial charge in [-0.05, 0) is 63.7 Å². The van der Waals surface area contributed by atoms with Gasteiger partial charge >= 0.3 is 0 Å². The lowest BCUT2D eigenvalue weighted by atomic mass is 9.98. The monoisotopic (exact) mass is 652 g/mol. The van der Waals surface area contributed by atoms with Gasteiger partial charge in [-0.2, -0.15) is 5.26 Å². The van der Waals surface area contributed by atoms with Crippen molar-refractivity contribution in [3.8, 4) is 73.6 Å². The van der Waals surface area contributed by atoms with Gasteiger partial charge in [-0.1, -0.05) is 140 Å². The molecule has 0 bridgehead atoms. The van der Waals surface area contributed by atoms with Gasteiger partial charge in [0.05, 0.1) is 11.6 Å². The molecule has 0 aliphatic heterocycles. The first kappa shape index (κ1) is 29.9. The lowest BCUT2D eigenvalue weighted by Gasteiger charge is -2.12. The average Bonchev–Trinajstić information content (AvgIpc) is 3.60. The number of aromatic nitrogens is 3. The minimum Gasteiger partial charge on any atom is -0.456 e. The third-order valence-electron chi connectivity index (χ3n) is 9.21. The van der Waals surface area contributed by atoms with Crippen LogP contribution in [0.2, 0.25) is 0 Å². The number of hydrogen-bond acceptors (Lipinski definition) is 5. The molecule has 0 unspecified atom stereocenters. The number of hydrogen-bond donors (Lipinski definition) is 0. The molecule has 0 fully saturated rings. The molecule has 238 valence electrons. The Labute approximate surface area is 294 Å². The molecule has 51 heavy (non-hydrogen) atoms. The lowest BCUT2D eigenvalue weighted by Crippen LogP contribution is -2.01. The van der Waals surface area contributed by atoms with Gasteiger partial charge in [-0.15, -0.1) is 0 Å². The maximum absolute atomic E-state index is 9.81. The summed E-state index contributed by atoms with van der Waals surface area (Å²) in [5, 5.41) is 11.9. The van der Waals surface area contributed by atoms with Crippen LogP contribution in [0.3, 0.4) is 0 Å². The van der Waals surface area contributed by atoms with Gasteiger partial charge < -0.3 is 4.42 Å². The Morgan fingerprint density at radius 3 is 1.69 bits per heavy atom. The lowest BCUT2D eigenvalue weighted by molar-refractivity contribution is 0.669.